The number of esters is 1. The molecule has 2 unspecified atom stereocenters. The summed E-state index contributed by atoms with van der Waals surface area (Å²) in [5.41, 5.74) is -4.08. The minimum Gasteiger partial charge on any atom is -0.457 e. The van der Waals surface area contributed by atoms with Crippen LogP contribution in [0.1, 0.15) is 104 Å². The Bertz CT molecular complexity index is 1850. The van der Waals surface area contributed by atoms with Crippen LogP contribution in [0.2, 0.25) is 0 Å². The van der Waals surface area contributed by atoms with Crippen molar-refractivity contribution in [2.75, 3.05) is 6.61 Å². The predicted octanol–water partition coefficient (Wildman–Crippen LogP) is 5.90. The lowest BCUT2D eigenvalue weighted by Crippen LogP contribution is -2.75. The average Bonchev–Trinajstić information content (AvgIpc) is 3.12. The van der Waals surface area contributed by atoms with Crippen molar-refractivity contribution in [3.05, 3.63) is 82.9 Å². The first-order valence-corrected chi connectivity index (χ1v) is 19.4. The van der Waals surface area contributed by atoms with Gasteiger partial charge in [-0.25, -0.2) is 4.79 Å². The van der Waals surface area contributed by atoms with E-state index in [9.17, 15) is 34.5 Å². The Morgan fingerprint density at radius 1 is 0.982 bits per heavy atom. The monoisotopic (exact) mass is 759 g/mol. The van der Waals surface area contributed by atoms with Crippen molar-refractivity contribution in [3.8, 4) is 0 Å². The molecule has 1 heterocycles. The van der Waals surface area contributed by atoms with Crippen molar-refractivity contribution in [3.63, 3.8) is 0 Å². The van der Waals surface area contributed by atoms with Gasteiger partial charge in [0.25, 0.3) is 0 Å². The van der Waals surface area contributed by atoms with Crippen LogP contribution in [-0.2, 0) is 23.8 Å². The number of hydrogen-bond acceptors (Lipinski definition) is 10. The topological polar surface area (TPSA) is 169 Å². The third kappa shape index (κ3) is 6.74. The maximum atomic E-state index is 14.8. The quantitative estimate of drug-likeness (QED) is 0.144. The molecule has 1 aliphatic heterocycles. The summed E-state index contributed by atoms with van der Waals surface area (Å²) in [5.74, 6) is -4.21. The van der Waals surface area contributed by atoms with Crippen molar-refractivity contribution in [2.45, 2.75) is 123 Å². The fourth-order valence-electron chi connectivity index (χ4n) is 10.6. The molecule has 298 valence electrons. The largest absolute Gasteiger partial charge is 0.457 e. The number of carbonyl (C=O) groups is 4. The van der Waals surface area contributed by atoms with Gasteiger partial charge < -0.3 is 34.8 Å². The molecular formula is C44H57NO10. The maximum absolute atomic E-state index is 14.8. The van der Waals surface area contributed by atoms with Gasteiger partial charge in [-0.3, -0.25) is 14.4 Å². The van der Waals surface area contributed by atoms with Gasteiger partial charge in [-0.2, -0.15) is 0 Å². The first kappa shape index (κ1) is 40.8. The van der Waals surface area contributed by atoms with E-state index in [4.69, 9.17) is 14.2 Å². The molecule has 55 heavy (non-hydrogen) atoms. The number of ether oxygens (including phenoxy) is 3. The van der Waals surface area contributed by atoms with Gasteiger partial charge in [0.1, 0.15) is 17.8 Å². The molecule has 4 N–H and O–H groups in total. The van der Waals surface area contributed by atoms with Gasteiger partial charge in [-0.15, -0.1) is 0 Å². The van der Waals surface area contributed by atoms with E-state index in [1.54, 1.807) is 109 Å². The van der Waals surface area contributed by atoms with Crippen molar-refractivity contribution in [2.24, 2.45) is 34.0 Å². The highest BCUT2D eigenvalue weighted by atomic mass is 16.6. The van der Waals surface area contributed by atoms with Crippen LogP contribution in [0.15, 0.2) is 71.8 Å². The minimum atomic E-state index is -1.71. The van der Waals surface area contributed by atoms with E-state index in [0.29, 0.717) is 23.3 Å². The number of ketones is 2. The molecule has 1 saturated heterocycles. The second-order valence-corrected chi connectivity index (χ2v) is 18.3. The van der Waals surface area contributed by atoms with E-state index in [0.717, 1.165) is 0 Å². The molecule has 2 aromatic carbocycles. The first-order chi connectivity index (χ1) is 25.6. The Labute approximate surface area is 323 Å². The number of alkyl carbamates (subject to hydrolysis) is 1. The summed E-state index contributed by atoms with van der Waals surface area (Å²) in [4.78, 5) is 56.6. The molecule has 0 spiro atoms. The van der Waals surface area contributed by atoms with Gasteiger partial charge in [0, 0.05) is 35.7 Å². The van der Waals surface area contributed by atoms with Crippen LogP contribution >= 0.6 is 0 Å². The molecule has 0 aromatic heterocycles. The van der Waals surface area contributed by atoms with Crippen molar-refractivity contribution in [1.82, 2.24) is 5.32 Å². The minimum absolute atomic E-state index is 0.0811. The molecule has 0 radical (unpaired) electrons. The molecule has 1 amide bonds. The molecule has 11 nitrogen and oxygen atoms in total. The second-order valence-electron chi connectivity index (χ2n) is 18.3. The standard InChI is InChI=1S/C44H57NO10/c1-24-30(22-44(52)25(2)36-42(8)23-53-32(42)21-31(47)43(36,9)37(49)35(48)33(24)41(44,6)7)54-38(50)28(20-29(46)26-16-12-10-13-17-26)34(27-18-14-11-15-19-27)45-39(51)55-40(3,4)5/h10-19,25,28,30-32,34-36,47-48,52H,20-23H2,1-9H3,(H,45,51)/t25?,28-,30+,31+,32-,34+,35-,36?,42-,43-,44-/m1/s1. The number of benzene rings is 2. The third-order valence-electron chi connectivity index (χ3n) is 13.6. The highest BCUT2D eigenvalue weighted by Gasteiger charge is 2.73. The summed E-state index contributed by atoms with van der Waals surface area (Å²) in [6, 6.07) is 16.3. The fraction of sp³-hybridized carbons (Fsp3) is 0.591. The Balaban J connectivity index is 1.44. The summed E-state index contributed by atoms with van der Waals surface area (Å²) in [6.07, 6.45) is -5.25. The zero-order valence-corrected chi connectivity index (χ0v) is 33.4. The van der Waals surface area contributed by atoms with Crippen molar-refractivity contribution in [1.29, 1.82) is 0 Å². The van der Waals surface area contributed by atoms with Gasteiger partial charge >= 0.3 is 12.1 Å². The summed E-state index contributed by atoms with van der Waals surface area (Å²) < 4.78 is 17.9. The number of Topliss-reactive ketones (excluding diaryl/α,β-unsaturated/α-hetero) is 2. The number of carbonyl (C=O) groups excluding carboxylic acids is 4. The lowest BCUT2D eigenvalue weighted by Gasteiger charge is -2.68. The Hall–Kier alpha value is -3.90. The second kappa shape index (κ2) is 14.2. The summed E-state index contributed by atoms with van der Waals surface area (Å²) >= 11 is 0. The van der Waals surface area contributed by atoms with Gasteiger partial charge in [-0.1, -0.05) is 88.4 Å². The number of aliphatic hydroxyl groups is 3. The summed E-state index contributed by atoms with van der Waals surface area (Å²) in [7, 11) is 0. The zero-order chi connectivity index (χ0) is 40.5. The van der Waals surface area contributed by atoms with E-state index in [1.807, 2.05) is 13.8 Å². The van der Waals surface area contributed by atoms with E-state index in [1.165, 1.54) is 0 Å². The zero-order valence-electron chi connectivity index (χ0n) is 33.4. The molecule has 3 aliphatic carbocycles. The average molecular weight is 760 g/mol. The van der Waals surface area contributed by atoms with Crippen LogP contribution in [0.5, 0.6) is 0 Å². The molecule has 6 rings (SSSR count). The molecule has 11 heteroatoms. The molecule has 4 aliphatic rings. The van der Waals surface area contributed by atoms with Crippen molar-refractivity contribution < 1.29 is 48.7 Å². The van der Waals surface area contributed by atoms with E-state index in [-0.39, 0.29) is 36.7 Å². The predicted molar refractivity (Wildman–Crippen MR) is 204 cm³/mol. The van der Waals surface area contributed by atoms with Crippen molar-refractivity contribution >= 4 is 23.6 Å². The molecule has 2 bridgehead atoms. The highest BCUT2D eigenvalue weighted by molar-refractivity contribution is 5.98. The van der Waals surface area contributed by atoms with Gasteiger partial charge in [0.05, 0.1) is 41.8 Å². The molecule has 11 atom stereocenters. The first-order valence-electron chi connectivity index (χ1n) is 19.4. The van der Waals surface area contributed by atoms with Crippen LogP contribution in [-0.4, -0.2) is 81.2 Å². The van der Waals surface area contributed by atoms with Crippen LogP contribution in [0.25, 0.3) is 0 Å². The lowest BCUT2D eigenvalue weighted by molar-refractivity contribution is -0.302. The number of amides is 1. The van der Waals surface area contributed by atoms with Gasteiger partial charge in [-0.05, 0) is 63.2 Å². The SMILES string of the molecule is CC1=C2[C@@H](O)C(=O)[C@@]3(C)C(C(C)[C@](O)(C[C@@H]1OC(=O)[C@H](CC(=O)c1ccccc1)[C@@H](NC(=O)OC(C)(C)C)c1ccccc1)C2(C)C)[C@]1(C)CO[C@@H]1C[C@@H]3O. The summed E-state index contributed by atoms with van der Waals surface area (Å²) in [6.45, 7) is 16.4. The molecule has 2 saturated carbocycles. The number of rotatable bonds is 8. The van der Waals surface area contributed by atoms with E-state index >= 15 is 0 Å². The Morgan fingerprint density at radius 3 is 2.15 bits per heavy atom. The Kier molecular flexibility index (Phi) is 10.6. The smallest absolute Gasteiger partial charge is 0.408 e. The van der Waals surface area contributed by atoms with Gasteiger partial charge in [0.2, 0.25) is 0 Å². The van der Waals surface area contributed by atoms with E-state index in [2.05, 4.69) is 5.32 Å². The normalized spacial score (nSPS) is 35.1. The van der Waals surface area contributed by atoms with Crippen LogP contribution in [0, 0.1) is 34.0 Å². The van der Waals surface area contributed by atoms with Crippen LogP contribution < -0.4 is 5.32 Å². The van der Waals surface area contributed by atoms with Gasteiger partial charge in [0.15, 0.2) is 11.6 Å². The number of hydrogen-bond donors (Lipinski definition) is 4. The van der Waals surface area contributed by atoms with Crippen LogP contribution in [0.3, 0.4) is 0 Å². The van der Waals surface area contributed by atoms with Crippen LogP contribution in [0.4, 0.5) is 4.79 Å². The third-order valence-corrected chi connectivity index (χ3v) is 13.6. The number of aliphatic hydroxyl groups excluding tert-OH is 2. The lowest BCUT2D eigenvalue weighted by atomic mass is 9.40. The van der Waals surface area contributed by atoms with E-state index < -0.39 is 87.4 Å². The molecule has 2 aromatic rings. The molecular weight excluding hydrogens is 702 g/mol. The highest BCUT2D eigenvalue weighted by Crippen LogP contribution is 2.66. The maximum Gasteiger partial charge on any atom is 0.408 e. The molecule has 3 fully saturated rings. The fourth-order valence-corrected chi connectivity index (χ4v) is 10.6. The number of nitrogens with one attached hydrogen (secondary N) is 1. The summed E-state index contributed by atoms with van der Waals surface area (Å²) in [5, 5.41) is 39.7. The Morgan fingerprint density at radius 2 is 1.58 bits per heavy atom. The number of fused-ring (bicyclic) bond motifs is 5.